The average molecular weight is 525 g/mol. The van der Waals surface area contributed by atoms with Crippen LogP contribution < -0.4 is 16.4 Å². The normalized spacial score (nSPS) is 14.1. The largest absolute Gasteiger partial charge is 0.392 e. The van der Waals surface area contributed by atoms with Crippen LogP contribution in [0.5, 0.6) is 0 Å². The first-order valence-electron chi connectivity index (χ1n) is 12.6. The van der Waals surface area contributed by atoms with Crippen LogP contribution in [0.2, 0.25) is 0 Å². The number of hydrogen-bond acceptors (Lipinski definition) is 8. The molecule has 0 fully saturated rings. The number of fused-ring (bicyclic) bond motifs is 3. The van der Waals surface area contributed by atoms with Crippen LogP contribution in [0.4, 0.5) is 11.5 Å². The van der Waals surface area contributed by atoms with Crippen molar-refractivity contribution in [2.45, 2.75) is 40.2 Å². The second-order valence-electron chi connectivity index (χ2n) is 10.8. The lowest BCUT2D eigenvalue weighted by molar-refractivity contribution is 0.281. The minimum Gasteiger partial charge on any atom is -0.392 e. The summed E-state index contributed by atoms with van der Waals surface area (Å²) >= 11 is 0. The van der Waals surface area contributed by atoms with Gasteiger partial charge in [-0.3, -0.25) is 14.0 Å². The highest BCUT2D eigenvalue weighted by atomic mass is 16.3. The van der Waals surface area contributed by atoms with Gasteiger partial charge >= 0.3 is 0 Å². The summed E-state index contributed by atoms with van der Waals surface area (Å²) in [5.41, 5.74) is 5.09. The Morgan fingerprint density at radius 3 is 2.64 bits per heavy atom. The SMILES string of the molecule is Cc1ccc(Nc2cc(-c3ccnc(-n4ncn5c6c(cc5c4=O)CC(C)(C)C6)c3CO)cn(C)c2=O)nn1. The van der Waals surface area contributed by atoms with Gasteiger partial charge in [-0.2, -0.15) is 14.9 Å². The predicted octanol–water partition coefficient (Wildman–Crippen LogP) is 2.71. The Hall–Kier alpha value is -4.64. The quantitative estimate of drug-likeness (QED) is 0.359. The highest BCUT2D eigenvalue weighted by molar-refractivity contribution is 5.73. The fourth-order valence-corrected chi connectivity index (χ4v) is 5.36. The molecular formula is C28H28N8O3. The molecule has 0 amide bonds. The van der Waals surface area contributed by atoms with E-state index in [1.165, 1.54) is 9.25 Å². The molecule has 0 saturated heterocycles. The second kappa shape index (κ2) is 8.98. The Bertz CT molecular complexity index is 1870. The molecule has 39 heavy (non-hydrogen) atoms. The van der Waals surface area contributed by atoms with Crippen molar-refractivity contribution in [1.29, 1.82) is 0 Å². The van der Waals surface area contributed by atoms with Gasteiger partial charge in [0, 0.05) is 36.3 Å². The average Bonchev–Trinajstić information content (AvgIpc) is 3.40. The van der Waals surface area contributed by atoms with Crippen LogP contribution in [-0.4, -0.2) is 39.0 Å². The van der Waals surface area contributed by atoms with E-state index in [9.17, 15) is 14.7 Å². The number of aryl methyl sites for hydroxylation is 2. The molecule has 1 aliphatic carbocycles. The minimum absolute atomic E-state index is 0.149. The second-order valence-corrected chi connectivity index (χ2v) is 10.8. The summed E-state index contributed by atoms with van der Waals surface area (Å²) < 4.78 is 4.54. The fraction of sp³-hybridized carbons (Fsp3) is 0.286. The third kappa shape index (κ3) is 4.20. The lowest BCUT2D eigenvalue weighted by Crippen LogP contribution is -2.26. The summed E-state index contributed by atoms with van der Waals surface area (Å²) in [5.74, 6) is 0.663. The van der Waals surface area contributed by atoms with Crippen molar-refractivity contribution >= 4 is 17.0 Å². The van der Waals surface area contributed by atoms with Crippen molar-refractivity contribution in [2.75, 3.05) is 5.32 Å². The van der Waals surface area contributed by atoms with Crippen molar-refractivity contribution in [2.24, 2.45) is 12.5 Å². The molecule has 0 bridgehead atoms. The molecule has 11 heteroatoms. The standard InChI is InChI=1S/C28H28N8O3/c1-16-5-6-24(33-32-16)31-21-9-18(13-34(4)26(21)38)19-7-8-29-25(20(19)14-37)36-27(39)22-10-17-11-28(2,3)12-23(17)35(22)15-30-36/h5-10,13,15,37H,11-12,14H2,1-4H3,(H,31,33). The van der Waals surface area contributed by atoms with Gasteiger partial charge < -0.3 is 15.0 Å². The number of nitrogens with zero attached hydrogens (tertiary/aromatic N) is 7. The first-order valence-corrected chi connectivity index (χ1v) is 12.6. The first-order chi connectivity index (χ1) is 18.6. The molecule has 0 saturated carbocycles. The van der Waals surface area contributed by atoms with Gasteiger partial charge in [0.2, 0.25) is 0 Å². The van der Waals surface area contributed by atoms with Crippen LogP contribution in [0.1, 0.15) is 36.4 Å². The number of hydrogen-bond donors (Lipinski definition) is 2. The molecule has 6 rings (SSSR count). The first kappa shape index (κ1) is 24.7. The zero-order valence-corrected chi connectivity index (χ0v) is 22.1. The van der Waals surface area contributed by atoms with E-state index in [-0.39, 0.29) is 28.0 Å². The van der Waals surface area contributed by atoms with Crippen LogP contribution >= 0.6 is 0 Å². The molecule has 5 aromatic heterocycles. The van der Waals surface area contributed by atoms with Crippen molar-refractivity contribution < 1.29 is 5.11 Å². The van der Waals surface area contributed by atoms with Crippen molar-refractivity contribution in [3.8, 4) is 16.9 Å². The molecule has 0 unspecified atom stereocenters. The van der Waals surface area contributed by atoms with Gasteiger partial charge in [0.15, 0.2) is 11.6 Å². The summed E-state index contributed by atoms with van der Waals surface area (Å²) in [7, 11) is 1.64. The number of nitrogens with one attached hydrogen (secondary N) is 1. The number of pyridine rings is 2. The lowest BCUT2D eigenvalue weighted by Gasteiger charge is -2.17. The van der Waals surface area contributed by atoms with E-state index in [0.717, 1.165) is 29.8 Å². The van der Waals surface area contributed by atoms with Gasteiger partial charge in [-0.05, 0) is 66.6 Å². The van der Waals surface area contributed by atoms with Crippen molar-refractivity contribution in [3.05, 3.63) is 92.3 Å². The van der Waals surface area contributed by atoms with E-state index in [1.807, 2.05) is 17.4 Å². The molecule has 0 aliphatic heterocycles. The van der Waals surface area contributed by atoms with Crippen molar-refractivity contribution in [3.63, 3.8) is 0 Å². The Kier molecular flexibility index (Phi) is 5.69. The molecule has 2 N–H and O–H groups in total. The van der Waals surface area contributed by atoms with Crippen molar-refractivity contribution in [1.82, 2.24) is 33.9 Å². The smallest absolute Gasteiger partial charge is 0.297 e. The number of aromatic nitrogens is 7. The molecule has 0 spiro atoms. The summed E-state index contributed by atoms with van der Waals surface area (Å²) in [6, 6.07) is 8.89. The highest BCUT2D eigenvalue weighted by Gasteiger charge is 2.32. The van der Waals surface area contributed by atoms with Crippen LogP contribution in [0.3, 0.4) is 0 Å². The molecular weight excluding hydrogens is 496 g/mol. The molecule has 0 aromatic carbocycles. The summed E-state index contributed by atoms with van der Waals surface area (Å²) in [4.78, 5) is 30.9. The number of anilines is 2. The zero-order chi connectivity index (χ0) is 27.5. The van der Waals surface area contributed by atoms with E-state index in [2.05, 4.69) is 39.4 Å². The maximum Gasteiger partial charge on any atom is 0.297 e. The van der Waals surface area contributed by atoms with E-state index in [4.69, 9.17) is 0 Å². The van der Waals surface area contributed by atoms with Gasteiger partial charge in [-0.1, -0.05) is 13.8 Å². The van der Waals surface area contributed by atoms with Crippen LogP contribution in [0, 0.1) is 12.3 Å². The van der Waals surface area contributed by atoms with Gasteiger partial charge in [0.1, 0.15) is 17.5 Å². The molecule has 5 aromatic rings. The number of aliphatic hydroxyl groups is 1. The third-order valence-electron chi connectivity index (χ3n) is 7.19. The van der Waals surface area contributed by atoms with Gasteiger partial charge in [0.05, 0.1) is 12.3 Å². The van der Waals surface area contributed by atoms with Gasteiger partial charge in [0.25, 0.3) is 11.1 Å². The maximum atomic E-state index is 13.6. The van der Waals surface area contributed by atoms with Crippen LogP contribution in [-0.2, 0) is 26.5 Å². The minimum atomic E-state index is -0.390. The molecule has 198 valence electrons. The Morgan fingerprint density at radius 1 is 1.08 bits per heavy atom. The van der Waals surface area contributed by atoms with Crippen LogP contribution in [0.25, 0.3) is 22.5 Å². The summed E-state index contributed by atoms with van der Waals surface area (Å²) in [6.45, 7) is 5.87. The molecule has 11 nitrogen and oxygen atoms in total. The van der Waals surface area contributed by atoms with Gasteiger partial charge in [-0.15, -0.1) is 5.10 Å². The highest BCUT2D eigenvalue weighted by Crippen LogP contribution is 2.37. The summed E-state index contributed by atoms with van der Waals surface area (Å²) in [5, 5.41) is 26.0. The Morgan fingerprint density at radius 2 is 1.90 bits per heavy atom. The molecule has 5 heterocycles. The fourth-order valence-electron chi connectivity index (χ4n) is 5.36. The Labute approximate surface area is 223 Å². The van der Waals surface area contributed by atoms with E-state index in [1.54, 1.807) is 50.0 Å². The third-order valence-corrected chi connectivity index (χ3v) is 7.19. The summed E-state index contributed by atoms with van der Waals surface area (Å²) in [6.07, 6.45) is 6.64. The predicted molar refractivity (Wildman–Crippen MR) is 146 cm³/mol. The Balaban J connectivity index is 1.46. The van der Waals surface area contributed by atoms with E-state index in [0.29, 0.717) is 28.0 Å². The number of aliphatic hydroxyl groups excluding tert-OH is 1. The number of rotatable bonds is 5. The lowest BCUT2D eigenvalue weighted by atomic mass is 9.90. The van der Waals surface area contributed by atoms with Gasteiger partial charge in [-0.25, -0.2) is 4.98 Å². The monoisotopic (exact) mass is 524 g/mol. The topological polar surface area (TPSA) is 132 Å². The molecule has 1 aliphatic rings. The van der Waals surface area contributed by atoms with E-state index >= 15 is 0 Å². The maximum absolute atomic E-state index is 13.6. The molecule has 0 radical (unpaired) electrons. The molecule has 0 atom stereocenters. The van der Waals surface area contributed by atoms with E-state index < -0.39 is 6.61 Å². The zero-order valence-electron chi connectivity index (χ0n) is 22.1. The van der Waals surface area contributed by atoms with Crippen LogP contribution in [0.15, 0.2) is 58.6 Å².